The molecule has 1 rings (SSSR count). The molecule has 8 nitrogen and oxygen atoms in total. The van der Waals surface area contributed by atoms with Crippen LogP contribution in [0.1, 0.15) is 38.7 Å². The van der Waals surface area contributed by atoms with Gasteiger partial charge < -0.3 is 8.86 Å². The Bertz CT molecular complexity index is 996. The van der Waals surface area contributed by atoms with Crippen LogP contribution < -0.4 is 4.57 Å². The molecule has 0 aliphatic rings. The average Bonchev–Trinajstić information content (AvgIpc) is 2.67. The predicted molar refractivity (Wildman–Crippen MR) is 109 cm³/mol. The van der Waals surface area contributed by atoms with Gasteiger partial charge in [-0.1, -0.05) is 19.9 Å². The summed E-state index contributed by atoms with van der Waals surface area (Å²) in [5.41, 5.74) is -10.7. The van der Waals surface area contributed by atoms with Crippen LogP contribution in [0.4, 0.5) is 26.3 Å². The number of aromatic nitrogens is 1. The van der Waals surface area contributed by atoms with Crippen LogP contribution in [0.3, 0.4) is 0 Å². The molecular formula is C18H24F6N2O6S2. The van der Waals surface area contributed by atoms with Gasteiger partial charge in [-0.25, -0.2) is 26.2 Å². The molecule has 0 spiro atoms. The molecule has 0 saturated heterocycles. The normalized spacial score (nSPS) is 12.5. The molecule has 1 aromatic heterocycles. The van der Waals surface area contributed by atoms with Crippen molar-refractivity contribution in [3.05, 3.63) is 46.4 Å². The van der Waals surface area contributed by atoms with Gasteiger partial charge in [0, 0.05) is 23.6 Å². The lowest BCUT2D eigenvalue weighted by molar-refractivity contribution is -0.697. The van der Waals surface area contributed by atoms with Crippen LogP contribution in [0.25, 0.3) is 4.13 Å². The van der Waals surface area contributed by atoms with Crippen molar-refractivity contribution in [1.29, 1.82) is 0 Å². The summed E-state index contributed by atoms with van der Waals surface area (Å²) in [5.74, 6) is -0.300. The number of alkyl halides is 6. The van der Waals surface area contributed by atoms with Crippen LogP contribution in [-0.4, -0.2) is 40.4 Å². The van der Waals surface area contributed by atoms with E-state index in [9.17, 15) is 48.0 Å². The zero-order chi connectivity index (χ0) is 26.8. The summed E-state index contributed by atoms with van der Waals surface area (Å²) in [5, 5.41) is 0. The first-order valence-corrected chi connectivity index (χ1v) is 12.4. The standard InChI is InChI=1S/C16H24NO2.C2F6NO4S2/c1-4-5-10-17-11-6-8-15(13-17)9-7-12-19-16(18)14(2)3;3-1(4,5)14(10,11)9-15(12,13)2(6,7)8/h6,8,11,13H,2,4-5,7,9-10,12H2,1,3H3;/q+1;-1. The molecular weight excluding hydrogens is 518 g/mol. The van der Waals surface area contributed by atoms with Crippen molar-refractivity contribution in [2.24, 2.45) is 0 Å². The fourth-order valence-electron chi connectivity index (χ4n) is 1.98. The molecule has 0 atom stereocenters. The minimum atomic E-state index is -6.72. The van der Waals surface area contributed by atoms with Crippen molar-refractivity contribution in [2.75, 3.05) is 6.61 Å². The lowest BCUT2D eigenvalue weighted by Gasteiger charge is -2.22. The van der Waals surface area contributed by atoms with E-state index in [-0.39, 0.29) is 5.97 Å². The van der Waals surface area contributed by atoms with Gasteiger partial charge in [0.05, 0.1) is 6.61 Å². The first-order valence-electron chi connectivity index (χ1n) is 9.51. The van der Waals surface area contributed by atoms with E-state index in [2.05, 4.69) is 42.6 Å². The summed E-state index contributed by atoms with van der Waals surface area (Å²) < 4.78 is 116. The van der Waals surface area contributed by atoms with Crippen molar-refractivity contribution in [2.45, 2.75) is 57.1 Å². The minimum absolute atomic E-state index is 0.300. The van der Waals surface area contributed by atoms with E-state index in [1.165, 1.54) is 18.4 Å². The first kappa shape index (κ1) is 31.8. The van der Waals surface area contributed by atoms with Gasteiger partial charge in [0.2, 0.25) is 0 Å². The van der Waals surface area contributed by atoms with E-state index >= 15 is 0 Å². The van der Waals surface area contributed by atoms with Gasteiger partial charge in [-0.15, -0.1) is 0 Å². The molecule has 34 heavy (non-hydrogen) atoms. The Morgan fingerprint density at radius 1 is 1.06 bits per heavy atom. The van der Waals surface area contributed by atoms with Gasteiger partial charge in [-0.3, -0.25) is 0 Å². The third-order valence-electron chi connectivity index (χ3n) is 3.66. The number of ether oxygens (including phenoxy) is 1. The Hall–Kier alpha value is -2.20. The van der Waals surface area contributed by atoms with E-state index in [0.29, 0.717) is 12.2 Å². The second kappa shape index (κ2) is 13.0. The summed E-state index contributed by atoms with van der Waals surface area (Å²) in [7, 11) is -13.4. The molecule has 1 aromatic rings. The zero-order valence-corrected chi connectivity index (χ0v) is 19.8. The van der Waals surface area contributed by atoms with Crippen LogP contribution in [0.15, 0.2) is 36.7 Å². The maximum atomic E-state index is 11.4. The third-order valence-corrected chi connectivity index (χ3v) is 6.40. The number of sulfonamides is 2. The number of unbranched alkanes of at least 4 members (excludes halogenated alkanes) is 1. The van der Waals surface area contributed by atoms with Crippen LogP contribution in [0.2, 0.25) is 0 Å². The van der Waals surface area contributed by atoms with Gasteiger partial charge in [0.25, 0.3) is 0 Å². The number of carbonyl (C=O) groups excluding carboxylic acids is 1. The molecule has 0 unspecified atom stereocenters. The molecule has 0 aliphatic heterocycles. The number of halogens is 6. The van der Waals surface area contributed by atoms with E-state index in [1.807, 2.05) is 0 Å². The monoisotopic (exact) mass is 542 g/mol. The highest BCUT2D eigenvalue weighted by Crippen LogP contribution is 2.36. The number of carbonyl (C=O) groups is 1. The van der Waals surface area contributed by atoms with Crippen molar-refractivity contribution in [3.63, 3.8) is 0 Å². The van der Waals surface area contributed by atoms with Crippen molar-refractivity contribution in [3.8, 4) is 0 Å². The molecule has 1 heterocycles. The van der Waals surface area contributed by atoms with E-state index in [0.717, 1.165) is 23.5 Å². The second-order valence-electron chi connectivity index (χ2n) is 6.74. The summed E-state index contributed by atoms with van der Waals surface area (Å²) in [4.78, 5) is 11.2. The fraction of sp³-hybridized carbons (Fsp3) is 0.556. The number of pyridine rings is 1. The summed E-state index contributed by atoms with van der Waals surface area (Å²) in [6.45, 7) is 8.93. The van der Waals surface area contributed by atoms with Gasteiger partial charge in [0.1, 0.15) is 6.54 Å². The zero-order valence-electron chi connectivity index (χ0n) is 18.2. The fourth-order valence-corrected chi connectivity index (χ4v) is 3.69. The molecule has 0 N–H and O–H groups in total. The van der Waals surface area contributed by atoms with Gasteiger partial charge in [-0.05, 0) is 25.8 Å². The Labute approximate surface area is 193 Å². The Morgan fingerprint density at radius 2 is 1.59 bits per heavy atom. The van der Waals surface area contributed by atoms with E-state index in [4.69, 9.17) is 4.74 Å². The summed E-state index contributed by atoms with van der Waals surface area (Å²) in [6, 6.07) is 4.19. The minimum Gasteiger partial charge on any atom is -0.462 e. The second-order valence-corrected chi connectivity index (χ2v) is 10.2. The number of hydrogen-bond acceptors (Lipinski definition) is 6. The quantitative estimate of drug-likeness (QED) is 0.146. The molecule has 0 radical (unpaired) electrons. The van der Waals surface area contributed by atoms with E-state index < -0.39 is 31.1 Å². The largest absolute Gasteiger partial charge is 0.480 e. The Balaban J connectivity index is 0.000000661. The Kier molecular flexibility index (Phi) is 12.2. The van der Waals surface area contributed by atoms with Crippen molar-refractivity contribution >= 4 is 26.0 Å². The highest BCUT2D eigenvalue weighted by atomic mass is 32.3. The summed E-state index contributed by atoms with van der Waals surface area (Å²) >= 11 is 0. The number of nitrogens with zero attached hydrogens (tertiary/aromatic N) is 2. The molecule has 0 bridgehead atoms. The van der Waals surface area contributed by atoms with Crippen LogP contribution >= 0.6 is 0 Å². The maximum absolute atomic E-state index is 11.4. The molecule has 0 fully saturated rings. The number of hydrogen-bond donors (Lipinski definition) is 0. The van der Waals surface area contributed by atoms with Crippen LogP contribution in [-0.2, 0) is 42.5 Å². The number of aryl methyl sites for hydroxylation is 2. The van der Waals surface area contributed by atoms with Gasteiger partial charge in [-0.2, -0.15) is 26.3 Å². The Morgan fingerprint density at radius 3 is 2.03 bits per heavy atom. The molecule has 196 valence electrons. The number of rotatable bonds is 10. The molecule has 0 aromatic carbocycles. The van der Waals surface area contributed by atoms with Crippen molar-refractivity contribution in [1.82, 2.24) is 0 Å². The topological polar surface area (TPSA) is 113 Å². The molecule has 0 aliphatic carbocycles. The predicted octanol–water partition coefficient (Wildman–Crippen LogP) is 3.89. The molecule has 0 saturated carbocycles. The maximum Gasteiger partial charge on any atom is 0.480 e. The average molecular weight is 543 g/mol. The first-order chi connectivity index (χ1) is 15.3. The highest BCUT2D eigenvalue weighted by molar-refractivity contribution is 8.13. The lowest BCUT2D eigenvalue weighted by atomic mass is 10.1. The molecule has 0 amide bonds. The van der Waals surface area contributed by atoms with Gasteiger partial charge >= 0.3 is 17.0 Å². The van der Waals surface area contributed by atoms with Crippen LogP contribution in [0.5, 0.6) is 0 Å². The van der Waals surface area contributed by atoms with Crippen molar-refractivity contribution < 1.29 is 57.3 Å². The highest BCUT2D eigenvalue weighted by Gasteiger charge is 2.46. The summed E-state index contributed by atoms with van der Waals surface area (Å²) in [6.07, 6.45) is 8.45. The SMILES string of the molecule is C=C(C)C(=O)OCCCc1ccc[n+](CCCC)c1.O=S(=O)([N-]S(=O)(=O)C(F)(F)F)C(F)(F)F. The van der Waals surface area contributed by atoms with E-state index in [1.54, 1.807) is 6.92 Å². The number of esters is 1. The van der Waals surface area contributed by atoms with Crippen LogP contribution in [0, 0.1) is 0 Å². The van der Waals surface area contributed by atoms with Gasteiger partial charge in [0.15, 0.2) is 32.4 Å². The molecule has 16 heteroatoms. The smallest absolute Gasteiger partial charge is 0.462 e. The third kappa shape index (κ3) is 11.3. The lowest BCUT2D eigenvalue weighted by Crippen LogP contribution is -2.33.